The molecular formula is C22H20N4O5S. The van der Waals surface area contributed by atoms with Crippen LogP contribution in [-0.4, -0.2) is 29.1 Å². The largest absolute Gasteiger partial charge is 0.494 e. The van der Waals surface area contributed by atoms with Crippen molar-refractivity contribution in [2.45, 2.75) is 19.3 Å². The summed E-state index contributed by atoms with van der Waals surface area (Å²) < 4.78 is 5.43. The molecule has 3 rings (SSSR count). The number of nitro benzene ring substituents is 1. The number of nitrogens with one attached hydrogen (secondary N) is 2. The van der Waals surface area contributed by atoms with E-state index in [1.165, 1.54) is 18.2 Å². The fourth-order valence-electron chi connectivity index (χ4n) is 3.24. The molecule has 10 heteroatoms. The highest BCUT2D eigenvalue weighted by Crippen LogP contribution is 2.36. The molecule has 164 valence electrons. The number of nitro groups is 1. The molecule has 2 amide bonds. The van der Waals surface area contributed by atoms with E-state index in [9.17, 15) is 25.0 Å². The van der Waals surface area contributed by atoms with E-state index in [4.69, 9.17) is 4.74 Å². The number of para-hydroxylation sites is 2. The summed E-state index contributed by atoms with van der Waals surface area (Å²) in [6.45, 7) is 2.41. The Balaban J connectivity index is 1.75. The monoisotopic (exact) mass is 452 g/mol. The number of rotatable bonds is 8. The smallest absolute Gasteiger partial charge is 0.292 e. The summed E-state index contributed by atoms with van der Waals surface area (Å²) in [7, 11) is 0. The summed E-state index contributed by atoms with van der Waals surface area (Å²) in [5.74, 6) is -0.635. The van der Waals surface area contributed by atoms with E-state index in [1.807, 2.05) is 19.1 Å². The van der Waals surface area contributed by atoms with Crippen molar-refractivity contribution >= 4 is 35.0 Å². The highest BCUT2D eigenvalue weighted by Gasteiger charge is 2.30. The zero-order valence-electron chi connectivity index (χ0n) is 17.2. The third-order valence-electron chi connectivity index (χ3n) is 4.67. The first-order chi connectivity index (χ1) is 15.4. The van der Waals surface area contributed by atoms with E-state index in [2.05, 4.69) is 16.7 Å². The molecule has 2 aromatic rings. The van der Waals surface area contributed by atoms with Gasteiger partial charge in [0, 0.05) is 18.4 Å². The lowest BCUT2D eigenvalue weighted by Crippen LogP contribution is -2.31. The summed E-state index contributed by atoms with van der Waals surface area (Å²) in [5, 5.41) is 26.3. The Bertz CT molecular complexity index is 1110. The molecule has 0 bridgehead atoms. The fraction of sp³-hybridized carbons (Fsp3) is 0.227. The van der Waals surface area contributed by atoms with Crippen molar-refractivity contribution in [3.05, 3.63) is 74.8 Å². The van der Waals surface area contributed by atoms with Crippen LogP contribution in [0, 0.1) is 21.4 Å². The molecule has 32 heavy (non-hydrogen) atoms. The van der Waals surface area contributed by atoms with Crippen LogP contribution in [0.1, 0.15) is 24.8 Å². The Hall–Kier alpha value is -3.84. The Labute approximate surface area is 188 Å². The second kappa shape index (κ2) is 10.5. The van der Waals surface area contributed by atoms with Crippen molar-refractivity contribution in [3.8, 4) is 11.8 Å². The number of hydrogen-bond donors (Lipinski definition) is 2. The van der Waals surface area contributed by atoms with Crippen LogP contribution in [0.2, 0.25) is 0 Å². The van der Waals surface area contributed by atoms with Gasteiger partial charge in [-0.1, -0.05) is 36.0 Å². The maximum Gasteiger partial charge on any atom is 0.292 e. The summed E-state index contributed by atoms with van der Waals surface area (Å²) in [6, 6.07) is 15.2. The molecule has 0 saturated heterocycles. The van der Waals surface area contributed by atoms with Crippen LogP contribution in [0.15, 0.2) is 59.1 Å². The summed E-state index contributed by atoms with van der Waals surface area (Å²) in [6.07, 6.45) is 0.114. The third kappa shape index (κ3) is 5.44. The number of thioether (sulfide) groups is 1. The Kier molecular flexibility index (Phi) is 7.46. The van der Waals surface area contributed by atoms with Crippen LogP contribution in [0.4, 0.5) is 11.4 Å². The number of amides is 2. The van der Waals surface area contributed by atoms with Crippen LogP contribution in [0.3, 0.4) is 0 Å². The minimum Gasteiger partial charge on any atom is -0.494 e. The summed E-state index contributed by atoms with van der Waals surface area (Å²) >= 11 is 1.00. The molecule has 1 heterocycles. The first-order valence-corrected chi connectivity index (χ1v) is 10.7. The Morgan fingerprint density at radius 3 is 2.69 bits per heavy atom. The van der Waals surface area contributed by atoms with Gasteiger partial charge in [-0.15, -0.1) is 0 Å². The standard InChI is InChI=1S/C22H20N4O5S/c1-2-31-15-9-7-14(8-10-15)16-11-20(27)25-22(17(16)12-23)32-13-21(28)24-18-5-3-4-6-19(18)26(29)30/h3-10,16H,2,11,13H2,1H3,(H,24,28)(H,25,27)/t16-/m1/s1. The molecule has 1 aliphatic rings. The van der Waals surface area contributed by atoms with Gasteiger partial charge in [-0.05, 0) is 30.7 Å². The molecule has 0 fully saturated rings. The van der Waals surface area contributed by atoms with E-state index in [0.29, 0.717) is 23.0 Å². The normalized spacial score (nSPS) is 15.5. The number of carbonyl (C=O) groups excluding carboxylic acids is 2. The predicted octanol–water partition coefficient (Wildman–Crippen LogP) is 3.70. The molecule has 0 saturated carbocycles. The molecular weight excluding hydrogens is 432 g/mol. The molecule has 2 N–H and O–H groups in total. The molecule has 0 spiro atoms. The molecule has 0 aromatic heterocycles. The van der Waals surface area contributed by atoms with Gasteiger partial charge in [-0.2, -0.15) is 5.26 Å². The van der Waals surface area contributed by atoms with Crippen molar-refractivity contribution in [2.24, 2.45) is 0 Å². The third-order valence-corrected chi connectivity index (χ3v) is 5.69. The number of nitrogens with zero attached hydrogens (tertiary/aromatic N) is 2. The lowest BCUT2D eigenvalue weighted by atomic mass is 9.87. The number of benzene rings is 2. The van der Waals surface area contributed by atoms with Gasteiger partial charge < -0.3 is 15.4 Å². The number of allylic oxidation sites excluding steroid dienone is 1. The lowest BCUT2D eigenvalue weighted by molar-refractivity contribution is -0.383. The zero-order valence-corrected chi connectivity index (χ0v) is 18.0. The van der Waals surface area contributed by atoms with Crippen molar-refractivity contribution in [1.29, 1.82) is 5.26 Å². The van der Waals surface area contributed by atoms with E-state index < -0.39 is 16.7 Å². The minimum atomic E-state index is -0.582. The fourth-order valence-corrected chi connectivity index (χ4v) is 4.12. The van der Waals surface area contributed by atoms with Gasteiger partial charge in [-0.3, -0.25) is 19.7 Å². The van der Waals surface area contributed by atoms with Crippen LogP contribution in [-0.2, 0) is 9.59 Å². The quantitative estimate of drug-likeness (QED) is 0.460. The van der Waals surface area contributed by atoms with E-state index in [0.717, 1.165) is 17.3 Å². The Morgan fingerprint density at radius 2 is 2.03 bits per heavy atom. The van der Waals surface area contributed by atoms with Gasteiger partial charge in [0.2, 0.25) is 11.8 Å². The van der Waals surface area contributed by atoms with Crippen molar-refractivity contribution in [2.75, 3.05) is 17.7 Å². The van der Waals surface area contributed by atoms with E-state index in [-0.39, 0.29) is 29.5 Å². The van der Waals surface area contributed by atoms with Gasteiger partial charge in [0.1, 0.15) is 11.4 Å². The molecule has 9 nitrogen and oxygen atoms in total. The molecule has 1 aliphatic heterocycles. The topological polar surface area (TPSA) is 134 Å². The van der Waals surface area contributed by atoms with Gasteiger partial charge >= 0.3 is 0 Å². The average molecular weight is 452 g/mol. The van der Waals surface area contributed by atoms with Gasteiger partial charge in [0.25, 0.3) is 5.69 Å². The number of ether oxygens (including phenoxy) is 1. The van der Waals surface area contributed by atoms with Gasteiger partial charge in [0.05, 0.1) is 34.0 Å². The van der Waals surface area contributed by atoms with Crippen LogP contribution in [0.25, 0.3) is 0 Å². The van der Waals surface area contributed by atoms with Crippen LogP contribution >= 0.6 is 11.8 Å². The first kappa shape index (κ1) is 22.8. The van der Waals surface area contributed by atoms with Crippen molar-refractivity contribution < 1.29 is 19.2 Å². The summed E-state index contributed by atoms with van der Waals surface area (Å²) in [4.78, 5) is 35.2. The first-order valence-electron chi connectivity index (χ1n) is 9.75. The van der Waals surface area contributed by atoms with Gasteiger partial charge in [-0.25, -0.2) is 0 Å². The molecule has 0 unspecified atom stereocenters. The SMILES string of the molecule is CCOc1ccc([C@H]2CC(=O)NC(SCC(=O)Nc3ccccc3[N+](=O)[O-])=C2C#N)cc1. The lowest BCUT2D eigenvalue weighted by Gasteiger charge is -2.25. The molecule has 0 aliphatic carbocycles. The summed E-state index contributed by atoms with van der Waals surface area (Å²) in [5.41, 5.74) is 1.02. The number of hydrogen-bond acceptors (Lipinski definition) is 7. The Morgan fingerprint density at radius 1 is 1.31 bits per heavy atom. The highest BCUT2D eigenvalue weighted by molar-refractivity contribution is 8.03. The van der Waals surface area contributed by atoms with E-state index in [1.54, 1.807) is 18.2 Å². The van der Waals surface area contributed by atoms with Crippen molar-refractivity contribution in [3.63, 3.8) is 0 Å². The second-order valence-corrected chi connectivity index (χ2v) is 7.76. The maximum atomic E-state index is 12.4. The molecule has 0 radical (unpaired) electrons. The number of nitriles is 1. The highest BCUT2D eigenvalue weighted by atomic mass is 32.2. The second-order valence-electron chi connectivity index (χ2n) is 6.77. The van der Waals surface area contributed by atoms with E-state index >= 15 is 0 Å². The number of carbonyl (C=O) groups is 2. The number of anilines is 1. The minimum absolute atomic E-state index is 0.0810. The van der Waals surface area contributed by atoms with Crippen LogP contribution < -0.4 is 15.4 Å². The predicted molar refractivity (Wildman–Crippen MR) is 120 cm³/mol. The molecule has 2 aromatic carbocycles. The average Bonchev–Trinajstić information content (AvgIpc) is 2.78. The van der Waals surface area contributed by atoms with Crippen LogP contribution in [0.5, 0.6) is 5.75 Å². The van der Waals surface area contributed by atoms with Gasteiger partial charge in [0.15, 0.2) is 0 Å². The maximum absolute atomic E-state index is 12.4. The van der Waals surface area contributed by atoms with Crippen molar-refractivity contribution in [1.82, 2.24) is 5.32 Å². The zero-order chi connectivity index (χ0) is 23.1. The molecule has 1 atom stereocenters.